The van der Waals surface area contributed by atoms with E-state index in [-0.39, 0.29) is 18.4 Å². The third kappa shape index (κ3) is 3.60. The molecule has 0 aromatic heterocycles. The van der Waals surface area contributed by atoms with Crippen LogP contribution in [0, 0.1) is 25.7 Å². The minimum Gasteiger partial charge on any atom is -0.313 e. The summed E-state index contributed by atoms with van der Waals surface area (Å²) >= 11 is 0. The Hall–Kier alpha value is -1.03. The van der Waals surface area contributed by atoms with E-state index < -0.39 is 12.1 Å². The molecule has 1 aliphatic rings. The molecule has 3 unspecified atom stereocenters. The van der Waals surface area contributed by atoms with Gasteiger partial charge in [0.05, 0.1) is 5.92 Å². The van der Waals surface area contributed by atoms with Crippen LogP contribution in [0.25, 0.3) is 0 Å². The van der Waals surface area contributed by atoms with Gasteiger partial charge in [0.15, 0.2) is 0 Å². The zero-order chi connectivity index (χ0) is 15.6. The Balaban J connectivity index is 2.31. The number of rotatable bonds is 3. The Morgan fingerprint density at radius 3 is 2.33 bits per heavy atom. The molecule has 1 fully saturated rings. The summed E-state index contributed by atoms with van der Waals surface area (Å²) in [7, 11) is 1.77. The predicted octanol–water partition coefficient (Wildman–Crippen LogP) is 4.93. The van der Waals surface area contributed by atoms with Crippen LogP contribution in [0.5, 0.6) is 0 Å². The van der Waals surface area contributed by atoms with Crippen molar-refractivity contribution in [2.24, 2.45) is 11.8 Å². The van der Waals surface area contributed by atoms with Crippen LogP contribution in [0.1, 0.15) is 48.4 Å². The molecule has 1 aromatic carbocycles. The van der Waals surface area contributed by atoms with Gasteiger partial charge in [-0.25, -0.2) is 0 Å². The molecule has 0 heterocycles. The number of hydrogen-bond acceptors (Lipinski definition) is 1. The zero-order valence-electron chi connectivity index (χ0n) is 12.9. The normalized spacial score (nSPS) is 24.9. The highest BCUT2D eigenvalue weighted by atomic mass is 19.4. The molecule has 0 bridgehead atoms. The molecule has 1 aromatic rings. The van der Waals surface area contributed by atoms with E-state index in [0.717, 1.165) is 17.5 Å². The van der Waals surface area contributed by atoms with Gasteiger partial charge in [-0.05, 0) is 56.3 Å². The number of hydrogen-bond donors (Lipinski definition) is 1. The first-order valence-corrected chi connectivity index (χ1v) is 7.65. The monoisotopic (exact) mass is 299 g/mol. The van der Waals surface area contributed by atoms with E-state index in [4.69, 9.17) is 0 Å². The van der Waals surface area contributed by atoms with Crippen molar-refractivity contribution in [2.45, 2.75) is 51.7 Å². The Bertz CT molecular complexity index is 481. The van der Waals surface area contributed by atoms with Crippen molar-refractivity contribution in [3.8, 4) is 0 Å². The van der Waals surface area contributed by atoms with Crippen molar-refractivity contribution in [1.82, 2.24) is 5.32 Å². The maximum absolute atomic E-state index is 13.3. The lowest BCUT2D eigenvalue weighted by molar-refractivity contribution is -0.199. The first kappa shape index (κ1) is 16.3. The summed E-state index contributed by atoms with van der Waals surface area (Å²) in [6, 6.07) is 5.76. The highest BCUT2D eigenvalue weighted by Crippen LogP contribution is 2.46. The fraction of sp³-hybridized carbons (Fsp3) is 0.647. The maximum atomic E-state index is 13.3. The predicted molar refractivity (Wildman–Crippen MR) is 79.2 cm³/mol. The van der Waals surface area contributed by atoms with Gasteiger partial charge in [0.2, 0.25) is 0 Å². The molecule has 2 rings (SSSR count). The zero-order valence-corrected chi connectivity index (χ0v) is 12.9. The number of alkyl halides is 3. The molecule has 1 saturated carbocycles. The van der Waals surface area contributed by atoms with Gasteiger partial charge in [0, 0.05) is 6.04 Å². The molecule has 0 spiro atoms. The molecule has 1 nitrogen and oxygen atoms in total. The van der Waals surface area contributed by atoms with Gasteiger partial charge < -0.3 is 5.32 Å². The molecular weight excluding hydrogens is 275 g/mol. The largest absolute Gasteiger partial charge is 0.392 e. The van der Waals surface area contributed by atoms with Crippen LogP contribution in [0.3, 0.4) is 0 Å². The summed E-state index contributed by atoms with van der Waals surface area (Å²) in [6.45, 7) is 4.03. The highest BCUT2D eigenvalue weighted by Gasteiger charge is 2.47. The fourth-order valence-corrected chi connectivity index (χ4v) is 3.55. The third-order valence-electron chi connectivity index (χ3n) is 4.87. The lowest BCUT2D eigenvalue weighted by Crippen LogP contribution is -2.39. The second kappa shape index (κ2) is 6.39. The first-order valence-electron chi connectivity index (χ1n) is 7.65. The van der Waals surface area contributed by atoms with E-state index in [0.29, 0.717) is 12.8 Å². The Morgan fingerprint density at radius 2 is 1.76 bits per heavy atom. The number of nitrogens with one attached hydrogen (secondary N) is 1. The second-order valence-electron chi connectivity index (χ2n) is 6.21. The summed E-state index contributed by atoms with van der Waals surface area (Å²) in [5.41, 5.74) is 3.28. The van der Waals surface area contributed by atoms with Crippen molar-refractivity contribution >= 4 is 0 Å². The lowest BCUT2D eigenvalue weighted by atomic mass is 9.73. The summed E-state index contributed by atoms with van der Waals surface area (Å²) in [5, 5.41) is 3.14. The van der Waals surface area contributed by atoms with E-state index in [1.165, 1.54) is 5.56 Å². The van der Waals surface area contributed by atoms with Gasteiger partial charge in [-0.3, -0.25) is 0 Å². The molecule has 1 N–H and O–H groups in total. The molecule has 3 atom stereocenters. The molecule has 0 radical (unpaired) electrons. The minimum absolute atomic E-state index is 0.226. The molecular formula is C17H24F3N. The summed E-state index contributed by atoms with van der Waals surface area (Å²) in [4.78, 5) is 0. The van der Waals surface area contributed by atoms with Gasteiger partial charge in [0.25, 0.3) is 0 Å². The molecule has 0 amide bonds. The first-order chi connectivity index (χ1) is 9.84. The standard InChI is InChI=1S/C17H24F3N/c1-11-8-9-13(10-12(11)2)16(21-3)14-6-4-5-7-15(14)17(18,19)20/h8-10,14-16,21H,4-7H2,1-3H3. The van der Waals surface area contributed by atoms with Crippen LogP contribution in [-0.4, -0.2) is 13.2 Å². The van der Waals surface area contributed by atoms with E-state index in [1.807, 2.05) is 32.0 Å². The Labute approximate surface area is 124 Å². The number of aryl methyl sites for hydroxylation is 2. The summed E-state index contributed by atoms with van der Waals surface area (Å²) < 4.78 is 40.0. The fourth-order valence-electron chi connectivity index (χ4n) is 3.55. The van der Waals surface area contributed by atoms with Gasteiger partial charge >= 0.3 is 6.18 Å². The van der Waals surface area contributed by atoms with Gasteiger partial charge in [-0.1, -0.05) is 31.0 Å². The van der Waals surface area contributed by atoms with Crippen LogP contribution < -0.4 is 5.32 Å². The van der Waals surface area contributed by atoms with E-state index in [2.05, 4.69) is 5.32 Å². The second-order valence-corrected chi connectivity index (χ2v) is 6.21. The third-order valence-corrected chi connectivity index (χ3v) is 4.87. The van der Waals surface area contributed by atoms with E-state index >= 15 is 0 Å². The van der Waals surface area contributed by atoms with E-state index in [9.17, 15) is 13.2 Å². The summed E-state index contributed by atoms with van der Waals surface area (Å²) in [6.07, 6.45) is -1.62. The number of benzene rings is 1. The van der Waals surface area contributed by atoms with Gasteiger partial charge in [-0.2, -0.15) is 13.2 Å². The Kier molecular flexibility index (Phi) is 4.97. The maximum Gasteiger partial charge on any atom is 0.392 e. The van der Waals surface area contributed by atoms with Gasteiger partial charge in [-0.15, -0.1) is 0 Å². The van der Waals surface area contributed by atoms with Crippen molar-refractivity contribution < 1.29 is 13.2 Å². The highest BCUT2D eigenvalue weighted by molar-refractivity contribution is 5.32. The van der Waals surface area contributed by atoms with Crippen LogP contribution in [0.4, 0.5) is 13.2 Å². The van der Waals surface area contributed by atoms with E-state index in [1.54, 1.807) is 7.05 Å². The minimum atomic E-state index is -4.10. The van der Waals surface area contributed by atoms with Gasteiger partial charge in [0.1, 0.15) is 0 Å². The topological polar surface area (TPSA) is 12.0 Å². The SMILES string of the molecule is CNC(c1ccc(C)c(C)c1)C1CCCCC1C(F)(F)F. The van der Waals surface area contributed by atoms with Crippen LogP contribution in [-0.2, 0) is 0 Å². The molecule has 0 saturated heterocycles. The molecule has 21 heavy (non-hydrogen) atoms. The molecule has 4 heteroatoms. The number of halogens is 3. The molecule has 1 aliphatic carbocycles. The average molecular weight is 299 g/mol. The van der Waals surface area contributed by atoms with Crippen molar-refractivity contribution in [3.63, 3.8) is 0 Å². The van der Waals surface area contributed by atoms with Crippen molar-refractivity contribution in [1.29, 1.82) is 0 Å². The lowest BCUT2D eigenvalue weighted by Gasteiger charge is -2.38. The smallest absolute Gasteiger partial charge is 0.313 e. The van der Waals surface area contributed by atoms with Crippen LogP contribution in [0.2, 0.25) is 0 Å². The van der Waals surface area contributed by atoms with Crippen LogP contribution >= 0.6 is 0 Å². The van der Waals surface area contributed by atoms with Crippen molar-refractivity contribution in [3.05, 3.63) is 34.9 Å². The molecule has 118 valence electrons. The summed E-state index contributed by atoms with van der Waals surface area (Å²) in [5.74, 6) is -1.56. The average Bonchev–Trinajstić information content (AvgIpc) is 2.43. The Morgan fingerprint density at radius 1 is 1.10 bits per heavy atom. The molecule has 0 aliphatic heterocycles. The van der Waals surface area contributed by atoms with Crippen molar-refractivity contribution in [2.75, 3.05) is 7.05 Å². The van der Waals surface area contributed by atoms with Crippen LogP contribution in [0.15, 0.2) is 18.2 Å². The quantitative estimate of drug-likeness (QED) is 0.834.